The molecule has 1 unspecified atom stereocenters. The van der Waals surface area contributed by atoms with Crippen LogP contribution >= 0.6 is 0 Å². The van der Waals surface area contributed by atoms with E-state index >= 15 is 0 Å². The quantitative estimate of drug-likeness (QED) is 0.765. The SMILES string of the molecule is CC(CNC(=O)Nc1ccc(C(C)C)cc1)C(=O)O. The van der Waals surface area contributed by atoms with Gasteiger partial charge in [-0.25, -0.2) is 4.79 Å². The van der Waals surface area contributed by atoms with Crippen molar-refractivity contribution < 1.29 is 14.7 Å². The number of anilines is 1. The molecule has 0 saturated heterocycles. The van der Waals surface area contributed by atoms with Gasteiger partial charge in [-0.05, 0) is 23.6 Å². The predicted octanol–water partition coefficient (Wildman–Crippen LogP) is 2.65. The van der Waals surface area contributed by atoms with Gasteiger partial charge >= 0.3 is 12.0 Å². The molecular formula is C14H20N2O3. The van der Waals surface area contributed by atoms with Crippen molar-refractivity contribution in [1.29, 1.82) is 0 Å². The molecule has 0 spiro atoms. The lowest BCUT2D eigenvalue weighted by atomic mass is 10.0. The Labute approximate surface area is 113 Å². The van der Waals surface area contributed by atoms with Crippen LogP contribution in [0.1, 0.15) is 32.3 Å². The average molecular weight is 264 g/mol. The highest BCUT2D eigenvalue weighted by Gasteiger charge is 2.12. The molecule has 0 aromatic heterocycles. The summed E-state index contributed by atoms with van der Waals surface area (Å²) in [6.07, 6.45) is 0. The minimum atomic E-state index is -0.929. The molecule has 0 aliphatic rings. The second kappa shape index (κ2) is 6.78. The van der Waals surface area contributed by atoms with E-state index in [-0.39, 0.29) is 6.54 Å². The maximum absolute atomic E-state index is 11.5. The van der Waals surface area contributed by atoms with Gasteiger partial charge in [0, 0.05) is 12.2 Å². The smallest absolute Gasteiger partial charge is 0.319 e. The summed E-state index contributed by atoms with van der Waals surface area (Å²) in [5, 5.41) is 13.9. The van der Waals surface area contributed by atoms with E-state index in [2.05, 4.69) is 24.5 Å². The van der Waals surface area contributed by atoms with Gasteiger partial charge in [-0.2, -0.15) is 0 Å². The molecule has 0 fully saturated rings. The van der Waals surface area contributed by atoms with E-state index in [4.69, 9.17) is 5.11 Å². The second-order valence-corrected chi connectivity index (χ2v) is 4.85. The van der Waals surface area contributed by atoms with Crippen molar-refractivity contribution in [3.8, 4) is 0 Å². The number of nitrogens with one attached hydrogen (secondary N) is 2. The molecule has 0 bridgehead atoms. The molecule has 1 aromatic carbocycles. The van der Waals surface area contributed by atoms with E-state index in [1.165, 1.54) is 5.56 Å². The van der Waals surface area contributed by atoms with Crippen LogP contribution in [0.2, 0.25) is 0 Å². The maximum atomic E-state index is 11.5. The molecule has 1 aromatic rings. The lowest BCUT2D eigenvalue weighted by molar-refractivity contribution is -0.140. The van der Waals surface area contributed by atoms with E-state index in [9.17, 15) is 9.59 Å². The molecule has 104 valence electrons. The van der Waals surface area contributed by atoms with Crippen molar-refractivity contribution in [2.75, 3.05) is 11.9 Å². The molecule has 2 amide bonds. The molecular weight excluding hydrogens is 244 g/mol. The Hall–Kier alpha value is -2.04. The topological polar surface area (TPSA) is 78.4 Å². The van der Waals surface area contributed by atoms with Crippen molar-refractivity contribution in [3.63, 3.8) is 0 Å². The summed E-state index contributed by atoms with van der Waals surface area (Å²) in [7, 11) is 0. The van der Waals surface area contributed by atoms with Crippen LogP contribution in [0.25, 0.3) is 0 Å². The fraction of sp³-hybridized carbons (Fsp3) is 0.429. The first kappa shape index (κ1) is 15.0. The fourth-order valence-corrected chi connectivity index (χ4v) is 1.46. The second-order valence-electron chi connectivity index (χ2n) is 4.85. The minimum absolute atomic E-state index is 0.102. The molecule has 1 rings (SSSR count). The number of aliphatic carboxylic acids is 1. The zero-order valence-electron chi connectivity index (χ0n) is 11.4. The molecule has 5 heteroatoms. The first-order valence-electron chi connectivity index (χ1n) is 6.27. The van der Waals surface area contributed by atoms with E-state index in [0.29, 0.717) is 11.6 Å². The molecule has 0 aliphatic heterocycles. The number of hydrogen-bond donors (Lipinski definition) is 3. The van der Waals surface area contributed by atoms with E-state index in [0.717, 1.165) is 0 Å². The Morgan fingerprint density at radius 1 is 1.16 bits per heavy atom. The van der Waals surface area contributed by atoms with E-state index < -0.39 is 17.9 Å². The highest BCUT2D eigenvalue weighted by Crippen LogP contribution is 2.16. The average Bonchev–Trinajstić information content (AvgIpc) is 2.36. The number of hydrogen-bond acceptors (Lipinski definition) is 2. The van der Waals surface area contributed by atoms with Crippen LogP contribution in [-0.2, 0) is 4.79 Å². The zero-order chi connectivity index (χ0) is 14.4. The summed E-state index contributed by atoms with van der Waals surface area (Å²) in [5.74, 6) is -1.09. The number of rotatable bonds is 5. The summed E-state index contributed by atoms with van der Waals surface area (Å²) >= 11 is 0. The summed E-state index contributed by atoms with van der Waals surface area (Å²) in [4.78, 5) is 22.1. The Morgan fingerprint density at radius 2 is 1.74 bits per heavy atom. The highest BCUT2D eigenvalue weighted by molar-refractivity contribution is 5.89. The van der Waals surface area contributed by atoms with Crippen LogP contribution in [0.5, 0.6) is 0 Å². The third kappa shape index (κ3) is 4.99. The molecule has 0 aliphatic carbocycles. The van der Waals surface area contributed by atoms with Crippen molar-refractivity contribution in [2.24, 2.45) is 5.92 Å². The Kier molecular flexibility index (Phi) is 5.36. The van der Waals surface area contributed by atoms with Crippen LogP contribution in [0.15, 0.2) is 24.3 Å². The summed E-state index contributed by atoms with van der Waals surface area (Å²) in [6, 6.07) is 7.18. The van der Waals surface area contributed by atoms with Gasteiger partial charge in [0.25, 0.3) is 0 Å². The Balaban J connectivity index is 2.46. The van der Waals surface area contributed by atoms with Crippen LogP contribution in [0, 0.1) is 5.92 Å². The summed E-state index contributed by atoms with van der Waals surface area (Å²) in [6.45, 7) is 5.84. The number of amides is 2. The number of carbonyl (C=O) groups excluding carboxylic acids is 1. The fourth-order valence-electron chi connectivity index (χ4n) is 1.46. The van der Waals surface area contributed by atoms with Gasteiger partial charge < -0.3 is 15.7 Å². The van der Waals surface area contributed by atoms with Gasteiger partial charge in [-0.1, -0.05) is 32.9 Å². The van der Waals surface area contributed by atoms with E-state index in [1.807, 2.05) is 24.3 Å². The largest absolute Gasteiger partial charge is 0.481 e. The number of carboxylic acids is 1. The number of carboxylic acid groups (broad SMARTS) is 1. The molecule has 0 radical (unpaired) electrons. The lowest BCUT2D eigenvalue weighted by Gasteiger charge is -2.11. The normalized spacial score (nSPS) is 12.0. The minimum Gasteiger partial charge on any atom is -0.481 e. The van der Waals surface area contributed by atoms with Gasteiger partial charge in [-0.3, -0.25) is 4.79 Å². The van der Waals surface area contributed by atoms with Crippen LogP contribution in [-0.4, -0.2) is 23.7 Å². The first-order valence-corrected chi connectivity index (χ1v) is 6.27. The van der Waals surface area contributed by atoms with Gasteiger partial charge in [0.15, 0.2) is 0 Å². The van der Waals surface area contributed by atoms with E-state index in [1.54, 1.807) is 6.92 Å². The molecule has 19 heavy (non-hydrogen) atoms. The van der Waals surface area contributed by atoms with Crippen molar-refractivity contribution in [2.45, 2.75) is 26.7 Å². The number of urea groups is 1. The van der Waals surface area contributed by atoms with Crippen LogP contribution in [0.4, 0.5) is 10.5 Å². The molecule has 0 heterocycles. The third-order valence-electron chi connectivity index (χ3n) is 2.83. The highest BCUT2D eigenvalue weighted by atomic mass is 16.4. The van der Waals surface area contributed by atoms with Crippen molar-refractivity contribution in [3.05, 3.63) is 29.8 Å². The monoisotopic (exact) mass is 264 g/mol. The number of carbonyl (C=O) groups is 2. The zero-order valence-corrected chi connectivity index (χ0v) is 11.4. The molecule has 0 saturated carbocycles. The lowest BCUT2D eigenvalue weighted by Crippen LogP contribution is -2.34. The summed E-state index contributed by atoms with van der Waals surface area (Å²) in [5.41, 5.74) is 1.88. The van der Waals surface area contributed by atoms with Crippen molar-refractivity contribution >= 4 is 17.7 Å². The molecule has 3 N–H and O–H groups in total. The molecule has 1 atom stereocenters. The third-order valence-corrected chi connectivity index (χ3v) is 2.83. The Morgan fingerprint density at radius 3 is 2.21 bits per heavy atom. The standard InChI is InChI=1S/C14H20N2O3/c1-9(2)11-4-6-12(7-5-11)16-14(19)15-8-10(3)13(17)18/h4-7,9-10H,8H2,1-3H3,(H,17,18)(H2,15,16,19). The first-order chi connectivity index (χ1) is 8.90. The van der Waals surface area contributed by atoms with Gasteiger partial charge in [0.2, 0.25) is 0 Å². The predicted molar refractivity (Wildman–Crippen MR) is 74.4 cm³/mol. The van der Waals surface area contributed by atoms with Gasteiger partial charge in [0.05, 0.1) is 5.92 Å². The van der Waals surface area contributed by atoms with Crippen LogP contribution < -0.4 is 10.6 Å². The summed E-state index contributed by atoms with van der Waals surface area (Å²) < 4.78 is 0. The molecule has 5 nitrogen and oxygen atoms in total. The number of benzene rings is 1. The maximum Gasteiger partial charge on any atom is 0.319 e. The van der Waals surface area contributed by atoms with Gasteiger partial charge in [-0.15, -0.1) is 0 Å². The van der Waals surface area contributed by atoms with Gasteiger partial charge in [0.1, 0.15) is 0 Å². The Bertz CT molecular complexity index is 441. The van der Waals surface area contributed by atoms with Crippen molar-refractivity contribution in [1.82, 2.24) is 5.32 Å². The van der Waals surface area contributed by atoms with Crippen LogP contribution in [0.3, 0.4) is 0 Å².